The molecule has 25 heavy (non-hydrogen) atoms. The number of rotatable bonds is 6. The second kappa shape index (κ2) is 10.3. The molecule has 2 heterocycles. The van der Waals surface area contributed by atoms with Crippen molar-refractivity contribution in [1.29, 1.82) is 0 Å². The number of nitrogens with zero attached hydrogens (tertiary/aromatic N) is 1. The van der Waals surface area contributed by atoms with Crippen LogP contribution in [-0.4, -0.2) is 49.5 Å². The van der Waals surface area contributed by atoms with E-state index in [2.05, 4.69) is 5.32 Å². The van der Waals surface area contributed by atoms with E-state index in [1.165, 1.54) is 6.07 Å². The zero-order valence-corrected chi connectivity index (χ0v) is 14.4. The third-order valence-electron chi connectivity index (χ3n) is 4.40. The van der Waals surface area contributed by atoms with Crippen LogP contribution < -0.4 is 11.1 Å². The minimum absolute atomic E-state index is 0.000431. The summed E-state index contributed by atoms with van der Waals surface area (Å²) in [4.78, 5) is 10.5. The van der Waals surface area contributed by atoms with Crippen LogP contribution in [0.15, 0.2) is 18.2 Å². The van der Waals surface area contributed by atoms with Crippen molar-refractivity contribution in [3.63, 3.8) is 0 Å². The molecule has 2 atom stereocenters. The van der Waals surface area contributed by atoms with E-state index < -0.39 is 4.92 Å². The van der Waals surface area contributed by atoms with E-state index in [9.17, 15) is 10.1 Å². The molecule has 0 aromatic heterocycles. The van der Waals surface area contributed by atoms with Crippen LogP contribution in [0.25, 0.3) is 0 Å². The van der Waals surface area contributed by atoms with Crippen molar-refractivity contribution < 1.29 is 19.5 Å². The lowest BCUT2D eigenvalue weighted by Crippen LogP contribution is -2.15. The molecule has 2 aliphatic heterocycles. The van der Waals surface area contributed by atoms with Crippen molar-refractivity contribution in [2.75, 3.05) is 44.8 Å². The highest BCUT2D eigenvalue weighted by molar-refractivity contribution is 5.62. The van der Waals surface area contributed by atoms with Crippen LogP contribution in [-0.2, 0) is 16.1 Å². The van der Waals surface area contributed by atoms with Crippen LogP contribution in [0, 0.1) is 22.0 Å². The summed E-state index contributed by atoms with van der Waals surface area (Å²) in [6, 6.07) is 4.72. The molecule has 2 saturated heterocycles. The third-order valence-corrected chi connectivity index (χ3v) is 4.40. The maximum Gasteiger partial charge on any atom is 0.292 e. The fourth-order valence-electron chi connectivity index (χ4n) is 2.74. The number of hydrogen-bond acceptors (Lipinski definition) is 7. The first-order chi connectivity index (χ1) is 12.1. The fourth-order valence-corrected chi connectivity index (χ4v) is 2.74. The topological polar surface area (TPSA) is 120 Å². The Morgan fingerprint density at radius 2 is 1.92 bits per heavy atom. The second-order valence-corrected chi connectivity index (χ2v) is 6.34. The summed E-state index contributed by atoms with van der Waals surface area (Å²) in [7, 11) is 0. The number of benzene rings is 1. The van der Waals surface area contributed by atoms with Gasteiger partial charge in [0.05, 0.1) is 24.7 Å². The minimum Gasteiger partial charge on any atom is -0.392 e. The molecule has 0 radical (unpaired) electrons. The standard InChI is InChI=1S/C12H16N2O4.C5H11NO/c15-7-9-1-2-11(12(5-9)14(16)17)13-6-10-3-4-18-8-10;6-3-5-1-2-7-4-5/h1-2,5,10,13,15H,3-4,6-8H2;5H,1-4,6H2. The number of nitrogens with two attached hydrogens (primary N) is 1. The zero-order valence-electron chi connectivity index (χ0n) is 14.4. The molecular weight excluding hydrogens is 326 g/mol. The first-order valence-electron chi connectivity index (χ1n) is 8.61. The number of nitrogens with one attached hydrogen (secondary N) is 1. The van der Waals surface area contributed by atoms with Gasteiger partial charge in [0.15, 0.2) is 0 Å². The number of anilines is 1. The second-order valence-electron chi connectivity index (χ2n) is 6.34. The van der Waals surface area contributed by atoms with Gasteiger partial charge in [-0.05, 0) is 36.9 Å². The van der Waals surface area contributed by atoms with Crippen LogP contribution >= 0.6 is 0 Å². The summed E-state index contributed by atoms with van der Waals surface area (Å²) in [6.07, 6.45) is 2.14. The quantitative estimate of drug-likeness (QED) is 0.524. The van der Waals surface area contributed by atoms with Crippen LogP contribution in [0.5, 0.6) is 0 Å². The Balaban J connectivity index is 0.000000269. The number of ether oxygens (including phenoxy) is 2. The van der Waals surface area contributed by atoms with Gasteiger partial charge in [-0.3, -0.25) is 10.1 Å². The van der Waals surface area contributed by atoms with Crippen LogP contribution in [0.1, 0.15) is 18.4 Å². The van der Waals surface area contributed by atoms with Crippen molar-refractivity contribution in [2.24, 2.45) is 17.6 Å². The van der Waals surface area contributed by atoms with Gasteiger partial charge < -0.3 is 25.6 Å². The molecule has 2 aliphatic rings. The Bertz CT molecular complexity index is 543. The summed E-state index contributed by atoms with van der Waals surface area (Å²) < 4.78 is 10.3. The lowest BCUT2D eigenvalue weighted by atomic mass is 10.1. The molecule has 0 spiro atoms. The predicted molar refractivity (Wildman–Crippen MR) is 94.4 cm³/mol. The molecule has 4 N–H and O–H groups in total. The van der Waals surface area contributed by atoms with E-state index in [1.807, 2.05) is 0 Å². The van der Waals surface area contributed by atoms with Gasteiger partial charge in [-0.2, -0.15) is 0 Å². The normalized spacial score (nSPS) is 22.3. The summed E-state index contributed by atoms with van der Waals surface area (Å²) in [5.74, 6) is 1.06. The Hall–Kier alpha value is -1.74. The molecule has 0 aliphatic carbocycles. The molecule has 0 saturated carbocycles. The lowest BCUT2D eigenvalue weighted by Gasteiger charge is -2.11. The highest BCUT2D eigenvalue weighted by Crippen LogP contribution is 2.26. The highest BCUT2D eigenvalue weighted by Gasteiger charge is 2.18. The fraction of sp³-hybridized carbons (Fsp3) is 0.647. The maximum atomic E-state index is 10.9. The van der Waals surface area contributed by atoms with Crippen molar-refractivity contribution in [3.8, 4) is 0 Å². The largest absolute Gasteiger partial charge is 0.392 e. The molecule has 2 unspecified atom stereocenters. The van der Waals surface area contributed by atoms with Gasteiger partial charge in [-0.1, -0.05) is 6.07 Å². The van der Waals surface area contributed by atoms with Crippen LogP contribution in [0.4, 0.5) is 11.4 Å². The molecule has 1 aromatic carbocycles. The van der Waals surface area contributed by atoms with E-state index in [1.54, 1.807) is 12.1 Å². The monoisotopic (exact) mass is 353 g/mol. The molecule has 8 heteroatoms. The average molecular weight is 353 g/mol. The van der Waals surface area contributed by atoms with Gasteiger partial charge >= 0.3 is 0 Å². The molecule has 3 rings (SSSR count). The predicted octanol–water partition coefficient (Wildman–Crippen LogP) is 1.52. The van der Waals surface area contributed by atoms with Crippen molar-refractivity contribution in [1.82, 2.24) is 0 Å². The van der Waals surface area contributed by atoms with Crippen molar-refractivity contribution >= 4 is 11.4 Å². The van der Waals surface area contributed by atoms with Gasteiger partial charge in [0.1, 0.15) is 5.69 Å². The van der Waals surface area contributed by atoms with Crippen LogP contribution in [0.2, 0.25) is 0 Å². The summed E-state index contributed by atoms with van der Waals surface area (Å²) >= 11 is 0. The SMILES string of the molecule is NCC1CCOC1.O=[N+]([O-])c1cc(CO)ccc1NCC1CCOC1. The zero-order chi connectivity index (χ0) is 18.1. The summed E-state index contributed by atoms with van der Waals surface area (Å²) in [5, 5.41) is 23.0. The Labute approximate surface area is 147 Å². The third kappa shape index (κ3) is 6.24. The Morgan fingerprint density at radius 1 is 1.24 bits per heavy atom. The summed E-state index contributed by atoms with van der Waals surface area (Å²) in [6.45, 7) is 4.53. The Kier molecular flexibility index (Phi) is 8.07. The van der Waals surface area contributed by atoms with Crippen molar-refractivity contribution in [3.05, 3.63) is 33.9 Å². The van der Waals surface area contributed by atoms with Crippen LogP contribution in [0.3, 0.4) is 0 Å². The minimum atomic E-state index is -0.438. The number of aliphatic hydroxyl groups excluding tert-OH is 1. The van der Waals surface area contributed by atoms with Crippen molar-refractivity contribution in [2.45, 2.75) is 19.4 Å². The lowest BCUT2D eigenvalue weighted by molar-refractivity contribution is -0.384. The molecule has 1 aromatic rings. The van der Waals surface area contributed by atoms with Gasteiger partial charge in [-0.25, -0.2) is 0 Å². The van der Waals surface area contributed by atoms with E-state index >= 15 is 0 Å². The van der Waals surface area contributed by atoms with Gasteiger partial charge in [0.2, 0.25) is 0 Å². The number of hydrogen-bond donors (Lipinski definition) is 3. The number of nitro benzene ring substituents is 1. The molecular formula is C17H27N3O5. The Morgan fingerprint density at radius 3 is 2.40 bits per heavy atom. The molecule has 8 nitrogen and oxygen atoms in total. The first kappa shape index (κ1) is 19.6. The average Bonchev–Trinajstić information content (AvgIpc) is 3.33. The molecule has 140 valence electrons. The van der Waals surface area contributed by atoms with E-state index in [4.69, 9.17) is 20.3 Å². The summed E-state index contributed by atoms with van der Waals surface area (Å²) in [5.41, 5.74) is 6.38. The highest BCUT2D eigenvalue weighted by atomic mass is 16.6. The van der Waals surface area contributed by atoms with E-state index in [0.717, 1.165) is 39.2 Å². The number of aliphatic hydroxyl groups is 1. The molecule has 2 fully saturated rings. The smallest absolute Gasteiger partial charge is 0.292 e. The number of nitro groups is 1. The molecule has 0 amide bonds. The maximum absolute atomic E-state index is 10.9. The van der Waals surface area contributed by atoms with E-state index in [0.29, 0.717) is 36.2 Å². The van der Waals surface area contributed by atoms with Gasteiger partial charge in [0, 0.05) is 31.7 Å². The molecule has 0 bridgehead atoms. The van der Waals surface area contributed by atoms with Gasteiger partial charge in [-0.15, -0.1) is 0 Å². The first-order valence-corrected chi connectivity index (χ1v) is 8.61. The van der Waals surface area contributed by atoms with E-state index in [-0.39, 0.29) is 12.3 Å². The van der Waals surface area contributed by atoms with Gasteiger partial charge in [0.25, 0.3) is 5.69 Å².